The summed E-state index contributed by atoms with van der Waals surface area (Å²) in [4.78, 5) is 15.6. The molecule has 0 fully saturated rings. The van der Waals surface area contributed by atoms with Crippen molar-refractivity contribution in [3.05, 3.63) is 54.2 Å². The smallest absolute Gasteiger partial charge is 0.230 e. The third-order valence-corrected chi connectivity index (χ3v) is 3.59. The number of carbonyl (C=O) groups is 1. The first-order valence-electron chi connectivity index (χ1n) is 6.20. The van der Waals surface area contributed by atoms with E-state index in [0.717, 1.165) is 11.3 Å². The van der Waals surface area contributed by atoms with Crippen LogP contribution < -0.4 is 5.32 Å². The molecular weight excluding hydrogens is 276 g/mol. The van der Waals surface area contributed by atoms with Crippen molar-refractivity contribution in [3.63, 3.8) is 0 Å². The van der Waals surface area contributed by atoms with Crippen LogP contribution in [0.2, 0.25) is 0 Å². The number of aliphatic hydroxyl groups is 1. The molecule has 2 aromatic rings. The van der Waals surface area contributed by atoms with E-state index in [1.165, 1.54) is 18.0 Å². The van der Waals surface area contributed by atoms with Gasteiger partial charge < -0.3 is 14.8 Å². The van der Waals surface area contributed by atoms with E-state index in [1.807, 2.05) is 12.1 Å². The normalized spacial score (nSPS) is 12.1. The molecule has 0 aliphatic carbocycles. The maximum Gasteiger partial charge on any atom is 0.230 e. The van der Waals surface area contributed by atoms with Crippen molar-refractivity contribution in [3.8, 4) is 0 Å². The number of aliphatic hydroxyl groups excluding tert-OH is 1. The molecule has 2 heterocycles. The Bertz CT molecular complexity index is 516. The SMILES string of the molecule is O=C(CSCc1cccnc1)NCC(O)c1ccco1. The molecule has 5 nitrogen and oxygen atoms in total. The Morgan fingerprint density at radius 3 is 3.05 bits per heavy atom. The van der Waals surface area contributed by atoms with Crippen molar-refractivity contribution in [2.24, 2.45) is 0 Å². The van der Waals surface area contributed by atoms with Gasteiger partial charge in [-0.3, -0.25) is 9.78 Å². The molecule has 0 radical (unpaired) electrons. The summed E-state index contributed by atoms with van der Waals surface area (Å²) >= 11 is 1.51. The van der Waals surface area contributed by atoms with E-state index < -0.39 is 6.10 Å². The van der Waals surface area contributed by atoms with Crippen LogP contribution in [0.1, 0.15) is 17.4 Å². The van der Waals surface area contributed by atoms with Crippen LogP contribution in [-0.4, -0.2) is 28.3 Å². The van der Waals surface area contributed by atoms with Gasteiger partial charge in [0, 0.05) is 18.1 Å². The molecule has 1 unspecified atom stereocenters. The summed E-state index contributed by atoms with van der Waals surface area (Å²) in [5, 5.41) is 12.4. The minimum absolute atomic E-state index is 0.107. The Hall–Kier alpha value is -1.79. The fourth-order valence-electron chi connectivity index (χ4n) is 1.59. The second-order valence-electron chi connectivity index (χ2n) is 4.19. The topological polar surface area (TPSA) is 75.4 Å². The number of thioether (sulfide) groups is 1. The largest absolute Gasteiger partial charge is 0.467 e. The predicted octanol–water partition coefficient (Wildman–Crippen LogP) is 1.76. The number of carbonyl (C=O) groups excluding carboxylic acids is 1. The number of hydrogen-bond acceptors (Lipinski definition) is 5. The highest BCUT2D eigenvalue weighted by atomic mass is 32.2. The highest BCUT2D eigenvalue weighted by molar-refractivity contribution is 7.99. The highest BCUT2D eigenvalue weighted by Gasteiger charge is 2.11. The monoisotopic (exact) mass is 292 g/mol. The lowest BCUT2D eigenvalue weighted by Crippen LogP contribution is -2.29. The molecule has 0 aliphatic rings. The van der Waals surface area contributed by atoms with Gasteiger partial charge >= 0.3 is 0 Å². The molecule has 2 aromatic heterocycles. The summed E-state index contributed by atoms with van der Waals surface area (Å²) in [6.45, 7) is 0.153. The Kier molecular flexibility index (Phi) is 5.64. The fourth-order valence-corrected chi connectivity index (χ4v) is 2.38. The number of pyridine rings is 1. The average Bonchev–Trinajstić information content (AvgIpc) is 3.00. The molecule has 1 atom stereocenters. The van der Waals surface area contributed by atoms with Crippen LogP contribution >= 0.6 is 11.8 Å². The van der Waals surface area contributed by atoms with Gasteiger partial charge in [-0.1, -0.05) is 6.07 Å². The molecule has 0 spiro atoms. The Balaban J connectivity index is 1.63. The van der Waals surface area contributed by atoms with Crippen LogP contribution in [-0.2, 0) is 10.5 Å². The lowest BCUT2D eigenvalue weighted by atomic mass is 10.3. The Morgan fingerprint density at radius 2 is 2.35 bits per heavy atom. The first-order valence-corrected chi connectivity index (χ1v) is 7.36. The van der Waals surface area contributed by atoms with Gasteiger partial charge in [0.15, 0.2) is 0 Å². The molecular formula is C14H16N2O3S. The van der Waals surface area contributed by atoms with Gasteiger partial charge in [-0.25, -0.2) is 0 Å². The van der Waals surface area contributed by atoms with Crippen LogP contribution in [0.3, 0.4) is 0 Å². The van der Waals surface area contributed by atoms with Crippen molar-refractivity contribution in [1.29, 1.82) is 0 Å². The first-order chi connectivity index (χ1) is 9.75. The maximum absolute atomic E-state index is 11.6. The van der Waals surface area contributed by atoms with Crippen LogP contribution in [0, 0.1) is 0 Å². The maximum atomic E-state index is 11.6. The zero-order chi connectivity index (χ0) is 14.2. The quantitative estimate of drug-likeness (QED) is 0.813. The molecule has 6 heteroatoms. The lowest BCUT2D eigenvalue weighted by molar-refractivity contribution is -0.119. The molecule has 2 N–H and O–H groups in total. The van der Waals surface area contributed by atoms with Crippen molar-refractivity contribution >= 4 is 17.7 Å². The number of aromatic nitrogens is 1. The van der Waals surface area contributed by atoms with E-state index in [-0.39, 0.29) is 12.5 Å². The summed E-state index contributed by atoms with van der Waals surface area (Å²) in [5.74, 6) is 1.43. The highest BCUT2D eigenvalue weighted by Crippen LogP contribution is 2.12. The standard InChI is InChI=1S/C14H16N2O3S/c17-12(13-4-2-6-19-13)8-16-14(18)10-20-9-11-3-1-5-15-7-11/h1-7,12,17H,8-10H2,(H,16,18). The third-order valence-electron chi connectivity index (χ3n) is 2.59. The van der Waals surface area contributed by atoms with Gasteiger partial charge in [0.05, 0.1) is 18.6 Å². The summed E-state index contributed by atoms with van der Waals surface area (Å²) in [5.41, 5.74) is 1.08. The number of amides is 1. The summed E-state index contributed by atoms with van der Waals surface area (Å²) in [6, 6.07) is 7.21. The van der Waals surface area contributed by atoms with Crippen molar-refractivity contribution in [2.75, 3.05) is 12.3 Å². The van der Waals surface area contributed by atoms with E-state index in [1.54, 1.807) is 24.5 Å². The van der Waals surface area contributed by atoms with E-state index in [9.17, 15) is 9.90 Å². The number of nitrogens with zero attached hydrogens (tertiary/aromatic N) is 1. The molecule has 20 heavy (non-hydrogen) atoms. The van der Waals surface area contributed by atoms with Crippen LogP contribution in [0.4, 0.5) is 0 Å². The van der Waals surface area contributed by atoms with Crippen molar-refractivity contribution < 1.29 is 14.3 Å². The Morgan fingerprint density at radius 1 is 1.45 bits per heavy atom. The van der Waals surface area contributed by atoms with Gasteiger partial charge in [0.25, 0.3) is 0 Å². The first kappa shape index (κ1) is 14.6. The minimum Gasteiger partial charge on any atom is -0.467 e. The molecule has 0 saturated carbocycles. The summed E-state index contributed by atoms with van der Waals surface area (Å²) in [6.07, 6.45) is 4.18. The van der Waals surface area contributed by atoms with E-state index in [0.29, 0.717) is 11.5 Å². The van der Waals surface area contributed by atoms with Crippen LogP contribution in [0.15, 0.2) is 47.3 Å². The van der Waals surface area contributed by atoms with E-state index in [2.05, 4.69) is 10.3 Å². The van der Waals surface area contributed by atoms with Gasteiger partial charge in [0.2, 0.25) is 5.91 Å². The molecule has 0 saturated heterocycles. The van der Waals surface area contributed by atoms with Gasteiger partial charge in [-0.05, 0) is 23.8 Å². The average molecular weight is 292 g/mol. The predicted molar refractivity (Wildman–Crippen MR) is 77.1 cm³/mol. The number of nitrogens with one attached hydrogen (secondary N) is 1. The molecule has 0 aliphatic heterocycles. The summed E-state index contributed by atoms with van der Waals surface area (Å²) in [7, 11) is 0. The lowest BCUT2D eigenvalue weighted by Gasteiger charge is -2.09. The Labute approximate surface area is 121 Å². The molecule has 1 amide bonds. The van der Waals surface area contributed by atoms with Gasteiger partial charge in [-0.15, -0.1) is 11.8 Å². The molecule has 0 aromatic carbocycles. The third kappa shape index (κ3) is 4.71. The number of hydrogen-bond donors (Lipinski definition) is 2. The zero-order valence-corrected chi connectivity index (χ0v) is 11.7. The van der Waals surface area contributed by atoms with Gasteiger partial charge in [-0.2, -0.15) is 0 Å². The second-order valence-corrected chi connectivity index (χ2v) is 5.17. The molecule has 2 rings (SSSR count). The minimum atomic E-state index is -0.808. The van der Waals surface area contributed by atoms with Crippen LogP contribution in [0.5, 0.6) is 0 Å². The summed E-state index contributed by atoms with van der Waals surface area (Å²) < 4.78 is 5.05. The second kappa shape index (κ2) is 7.72. The molecule has 106 valence electrons. The molecule has 0 bridgehead atoms. The van der Waals surface area contributed by atoms with E-state index in [4.69, 9.17) is 4.42 Å². The van der Waals surface area contributed by atoms with E-state index >= 15 is 0 Å². The van der Waals surface area contributed by atoms with Crippen molar-refractivity contribution in [1.82, 2.24) is 10.3 Å². The number of furan rings is 1. The zero-order valence-electron chi connectivity index (χ0n) is 10.9. The van der Waals surface area contributed by atoms with Crippen LogP contribution in [0.25, 0.3) is 0 Å². The van der Waals surface area contributed by atoms with Crippen molar-refractivity contribution in [2.45, 2.75) is 11.9 Å². The number of rotatable bonds is 7. The van der Waals surface area contributed by atoms with Gasteiger partial charge in [0.1, 0.15) is 11.9 Å². The fraction of sp³-hybridized carbons (Fsp3) is 0.286.